The number of hydrogen-bond donors (Lipinski definition) is 1. The normalized spacial score (nSPS) is 11.1. The summed E-state index contributed by atoms with van der Waals surface area (Å²) in [4.78, 5) is 23.3. The third-order valence-corrected chi connectivity index (χ3v) is 8.21. The lowest BCUT2D eigenvalue weighted by molar-refractivity contribution is -0.387. The summed E-state index contributed by atoms with van der Waals surface area (Å²) in [6.45, 7) is -0.449. The largest absolute Gasteiger partial charge is 0.497 e. The molecule has 0 fully saturated rings. The zero-order valence-corrected chi connectivity index (χ0v) is 25.4. The molecule has 0 bridgehead atoms. The van der Waals surface area contributed by atoms with Gasteiger partial charge in [-0.2, -0.15) is 5.10 Å². The van der Waals surface area contributed by atoms with Crippen LogP contribution in [0.5, 0.6) is 23.0 Å². The Bertz CT molecular complexity index is 1800. The predicted octanol–water partition coefficient (Wildman–Crippen LogP) is 4.55. The first-order chi connectivity index (χ1) is 21.7. The summed E-state index contributed by atoms with van der Waals surface area (Å²) in [5, 5.41) is 15.6. The van der Waals surface area contributed by atoms with Crippen molar-refractivity contribution in [2.75, 3.05) is 32.2 Å². The highest BCUT2D eigenvalue weighted by Crippen LogP contribution is 2.37. The number of nitro groups is 1. The van der Waals surface area contributed by atoms with Gasteiger partial charge in [-0.05, 0) is 47.5 Å². The number of sulfonamides is 1. The van der Waals surface area contributed by atoms with Crippen molar-refractivity contribution in [3.05, 3.63) is 112 Å². The van der Waals surface area contributed by atoms with Gasteiger partial charge >= 0.3 is 0 Å². The number of anilines is 1. The van der Waals surface area contributed by atoms with Crippen molar-refractivity contribution in [1.29, 1.82) is 0 Å². The predicted molar refractivity (Wildman–Crippen MR) is 167 cm³/mol. The van der Waals surface area contributed by atoms with Crippen LogP contribution in [0, 0.1) is 10.1 Å². The van der Waals surface area contributed by atoms with Gasteiger partial charge in [0.15, 0.2) is 16.4 Å². The van der Waals surface area contributed by atoms with Crippen molar-refractivity contribution < 1.29 is 37.1 Å². The number of methoxy groups -OCH3 is 3. The first kappa shape index (κ1) is 32.3. The van der Waals surface area contributed by atoms with Crippen molar-refractivity contribution in [2.24, 2.45) is 5.10 Å². The van der Waals surface area contributed by atoms with Crippen LogP contribution >= 0.6 is 0 Å². The molecular formula is C31H30N4O9S. The number of nitro benzene ring substituents is 1. The minimum Gasteiger partial charge on any atom is -0.497 e. The van der Waals surface area contributed by atoms with Crippen molar-refractivity contribution in [2.45, 2.75) is 11.5 Å². The Labute approximate surface area is 259 Å². The molecule has 45 heavy (non-hydrogen) atoms. The minimum atomic E-state index is -4.67. The van der Waals surface area contributed by atoms with Crippen molar-refractivity contribution in [1.82, 2.24) is 5.43 Å². The number of amides is 1. The van der Waals surface area contributed by atoms with Gasteiger partial charge in [0.05, 0.1) is 38.2 Å². The van der Waals surface area contributed by atoms with E-state index in [1.54, 1.807) is 18.2 Å². The number of hydrazone groups is 1. The summed E-state index contributed by atoms with van der Waals surface area (Å²) in [7, 11) is -0.443. The lowest BCUT2D eigenvalue weighted by Gasteiger charge is -2.25. The third-order valence-electron chi connectivity index (χ3n) is 6.40. The minimum absolute atomic E-state index is 0.0496. The number of hydrogen-bond acceptors (Lipinski definition) is 10. The van der Waals surface area contributed by atoms with Crippen LogP contribution in [-0.2, 0) is 21.4 Å². The molecule has 14 heteroatoms. The molecule has 4 aromatic rings. The number of carbonyl (C=O) groups excluding carboxylic acids is 1. The van der Waals surface area contributed by atoms with Gasteiger partial charge < -0.3 is 18.9 Å². The van der Waals surface area contributed by atoms with E-state index in [2.05, 4.69) is 10.5 Å². The summed E-state index contributed by atoms with van der Waals surface area (Å²) >= 11 is 0. The van der Waals surface area contributed by atoms with Crippen LogP contribution < -0.4 is 28.7 Å². The molecule has 0 aromatic heterocycles. The van der Waals surface area contributed by atoms with E-state index in [-0.39, 0.29) is 11.4 Å². The van der Waals surface area contributed by atoms with E-state index in [9.17, 15) is 23.3 Å². The van der Waals surface area contributed by atoms with Gasteiger partial charge in [0.1, 0.15) is 24.7 Å². The van der Waals surface area contributed by atoms with Gasteiger partial charge in [-0.3, -0.25) is 19.2 Å². The average molecular weight is 635 g/mol. The molecule has 1 amide bonds. The summed E-state index contributed by atoms with van der Waals surface area (Å²) in [6.07, 6.45) is 1.34. The number of ether oxygens (including phenoxy) is 4. The molecule has 0 aliphatic rings. The number of rotatable bonds is 14. The molecular weight excluding hydrogens is 604 g/mol. The fourth-order valence-electron chi connectivity index (χ4n) is 4.20. The summed E-state index contributed by atoms with van der Waals surface area (Å²) in [6, 6.07) is 23.8. The molecule has 0 unspecified atom stereocenters. The molecule has 0 radical (unpaired) electrons. The van der Waals surface area contributed by atoms with E-state index in [1.807, 2.05) is 30.3 Å². The fourth-order valence-corrected chi connectivity index (χ4v) is 5.79. The monoisotopic (exact) mass is 634 g/mol. The Hall–Kier alpha value is -5.63. The highest BCUT2D eigenvalue weighted by Gasteiger charge is 2.34. The summed E-state index contributed by atoms with van der Waals surface area (Å²) in [5.74, 6) is 0.525. The van der Waals surface area contributed by atoms with E-state index in [4.69, 9.17) is 18.9 Å². The number of nitrogens with zero attached hydrogens (tertiary/aromatic N) is 3. The molecule has 13 nitrogen and oxygen atoms in total. The first-order valence-electron chi connectivity index (χ1n) is 13.3. The summed E-state index contributed by atoms with van der Waals surface area (Å²) < 4.78 is 50.3. The zero-order valence-electron chi connectivity index (χ0n) is 24.6. The second-order valence-electron chi connectivity index (χ2n) is 9.25. The van der Waals surface area contributed by atoms with Crippen LogP contribution in [0.3, 0.4) is 0 Å². The molecule has 0 aliphatic carbocycles. The van der Waals surface area contributed by atoms with E-state index >= 15 is 0 Å². The molecule has 0 heterocycles. The topological polar surface area (TPSA) is 159 Å². The lowest BCUT2D eigenvalue weighted by Crippen LogP contribution is -2.40. The number of carbonyl (C=O) groups is 1. The van der Waals surface area contributed by atoms with Crippen LogP contribution in [0.1, 0.15) is 11.1 Å². The highest BCUT2D eigenvalue weighted by atomic mass is 32.2. The molecule has 234 valence electrons. The molecule has 1 N–H and O–H groups in total. The highest BCUT2D eigenvalue weighted by molar-refractivity contribution is 7.93. The molecule has 0 spiro atoms. The van der Waals surface area contributed by atoms with Gasteiger partial charge in [-0.25, -0.2) is 13.8 Å². The maximum atomic E-state index is 13.8. The van der Waals surface area contributed by atoms with Crippen LogP contribution in [0.25, 0.3) is 0 Å². The van der Waals surface area contributed by atoms with Crippen LogP contribution in [-0.4, -0.2) is 53.3 Å². The molecule has 0 saturated carbocycles. The number of benzene rings is 4. The number of nitrogens with one attached hydrogen (secondary N) is 1. The fraction of sp³-hybridized carbons (Fsp3) is 0.161. The zero-order chi connectivity index (χ0) is 32.4. The number of para-hydroxylation sites is 1. The summed E-state index contributed by atoms with van der Waals surface area (Å²) in [5.41, 5.74) is 3.14. The van der Waals surface area contributed by atoms with E-state index in [1.165, 1.54) is 57.9 Å². The average Bonchev–Trinajstić information content (AvgIpc) is 3.06. The molecule has 0 atom stereocenters. The van der Waals surface area contributed by atoms with Gasteiger partial charge in [-0.1, -0.05) is 42.5 Å². The first-order valence-corrected chi connectivity index (χ1v) is 14.8. The Morgan fingerprint density at radius 3 is 2.29 bits per heavy atom. The van der Waals surface area contributed by atoms with E-state index < -0.39 is 38.0 Å². The van der Waals surface area contributed by atoms with Crippen LogP contribution in [0.4, 0.5) is 11.4 Å². The molecule has 4 aromatic carbocycles. The standard InChI is InChI=1S/C31H30N4O9S/c1-41-24-14-15-25(28(18-24)42-2)34(45(39,40)30-12-8-7-11-26(30)35(37)38)20-31(36)33-32-19-23-13-16-27(29(17-23)43-3)44-21-22-9-5-4-6-10-22/h4-19H,20-21H2,1-3H3,(H,33,36)/b32-19-. The Morgan fingerprint density at radius 1 is 0.889 bits per heavy atom. The SMILES string of the molecule is COc1ccc(N(CC(=O)N/N=C\c2ccc(OCc3ccccc3)c(OC)c2)S(=O)(=O)c2ccccc2[N+](=O)[O-])c(OC)c1. The second kappa shape index (κ2) is 14.7. The Kier molecular flexibility index (Phi) is 10.5. The molecule has 0 aliphatic heterocycles. The van der Waals surface area contributed by atoms with Gasteiger partial charge in [0, 0.05) is 12.1 Å². The van der Waals surface area contributed by atoms with Crippen molar-refractivity contribution in [3.8, 4) is 23.0 Å². The maximum absolute atomic E-state index is 13.8. The maximum Gasteiger partial charge on any atom is 0.289 e. The van der Waals surface area contributed by atoms with E-state index in [0.717, 1.165) is 17.7 Å². The van der Waals surface area contributed by atoms with Crippen LogP contribution in [0.2, 0.25) is 0 Å². The Balaban J connectivity index is 1.56. The Morgan fingerprint density at radius 2 is 1.60 bits per heavy atom. The van der Waals surface area contributed by atoms with E-state index in [0.29, 0.717) is 33.7 Å². The quantitative estimate of drug-likeness (QED) is 0.119. The smallest absolute Gasteiger partial charge is 0.289 e. The van der Waals surface area contributed by atoms with Crippen molar-refractivity contribution in [3.63, 3.8) is 0 Å². The van der Waals surface area contributed by atoms with Gasteiger partial charge in [-0.15, -0.1) is 0 Å². The van der Waals surface area contributed by atoms with Gasteiger partial charge in [0.25, 0.3) is 21.6 Å². The molecule has 0 saturated heterocycles. The van der Waals surface area contributed by atoms with Gasteiger partial charge in [0.2, 0.25) is 0 Å². The third kappa shape index (κ3) is 7.86. The van der Waals surface area contributed by atoms with Crippen LogP contribution in [0.15, 0.2) is 101 Å². The molecule has 4 rings (SSSR count). The van der Waals surface area contributed by atoms with Crippen molar-refractivity contribution >= 4 is 33.5 Å². The second-order valence-corrected chi connectivity index (χ2v) is 11.1. The lowest BCUT2D eigenvalue weighted by atomic mass is 10.2.